The Balaban J connectivity index is 1.67. The van der Waals surface area contributed by atoms with Gasteiger partial charge in [-0.15, -0.1) is 0 Å². The highest BCUT2D eigenvalue weighted by Crippen LogP contribution is 2.27. The summed E-state index contributed by atoms with van der Waals surface area (Å²) in [4.78, 5) is 21.3. The van der Waals surface area contributed by atoms with Gasteiger partial charge in [0, 0.05) is 5.02 Å². The molecule has 0 spiro atoms. The summed E-state index contributed by atoms with van der Waals surface area (Å²) in [6.07, 6.45) is 1.45. The third-order valence-corrected chi connectivity index (χ3v) is 4.22. The first-order chi connectivity index (χ1) is 13.2. The summed E-state index contributed by atoms with van der Waals surface area (Å²) in [5.74, 6) is 1.37. The molecule has 0 aliphatic heterocycles. The molecular weight excluding hydrogens is 368 g/mol. The average molecular weight is 383 g/mol. The fourth-order valence-electron chi connectivity index (χ4n) is 2.75. The van der Waals surface area contributed by atoms with E-state index in [1.807, 2.05) is 31.2 Å². The van der Waals surface area contributed by atoms with Gasteiger partial charge in [-0.05, 0) is 37.3 Å². The van der Waals surface area contributed by atoms with Crippen LogP contribution >= 0.6 is 11.6 Å². The highest BCUT2D eigenvalue weighted by atomic mass is 35.5. The third kappa shape index (κ3) is 3.41. The molecule has 7 nitrogen and oxygen atoms in total. The zero-order valence-electron chi connectivity index (χ0n) is 14.4. The minimum Gasteiger partial charge on any atom is -0.493 e. The molecule has 0 bridgehead atoms. The van der Waals surface area contributed by atoms with Gasteiger partial charge in [0.05, 0.1) is 29.4 Å². The van der Waals surface area contributed by atoms with Crippen LogP contribution in [0.1, 0.15) is 12.8 Å². The smallest absolute Gasteiger partial charge is 0.261 e. The van der Waals surface area contributed by atoms with E-state index < -0.39 is 0 Å². The molecular formula is C19H15ClN4O3. The number of nitrogens with zero attached hydrogens (tertiary/aromatic N) is 4. The van der Waals surface area contributed by atoms with E-state index in [0.717, 1.165) is 5.56 Å². The van der Waals surface area contributed by atoms with E-state index in [4.69, 9.17) is 20.9 Å². The fourth-order valence-corrected chi connectivity index (χ4v) is 2.92. The number of fused-ring (bicyclic) bond motifs is 1. The summed E-state index contributed by atoms with van der Waals surface area (Å²) in [6.45, 7) is 2.55. The lowest BCUT2D eigenvalue weighted by Crippen LogP contribution is -2.21. The summed E-state index contributed by atoms with van der Waals surface area (Å²) in [6, 6.07) is 12.4. The first-order valence-electron chi connectivity index (χ1n) is 8.35. The second-order valence-corrected chi connectivity index (χ2v) is 6.22. The number of hydrogen-bond donors (Lipinski definition) is 0. The second-order valence-electron chi connectivity index (χ2n) is 5.78. The lowest BCUT2D eigenvalue weighted by Gasteiger charge is -2.06. The molecule has 4 rings (SSSR count). The predicted molar refractivity (Wildman–Crippen MR) is 101 cm³/mol. The van der Waals surface area contributed by atoms with E-state index in [9.17, 15) is 4.79 Å². The summed E-state index contributed by atoms with van der Waals surface area (Å²) in [5, 5.41) is 4.92. The largest absolute Gasteiger partial charge is 0.493 e. The lowest BCUT2D eigenvalue weighted by atomic mass is 10.2. The molecule has 0 N–H and O–H groups in total. The van der Waals surface area contributed by atoms with E-state index in [2.05, 4.69) is 15.1 Å². The topological polar surface area (TPSA) is 83.0 Å². The van der Waals surface area contributed by atoms with Crippen molar-refractivity contribution >= 4 is 22.5 Å². The van der Waals surface area contributed by atoms with Gasteiger partial charge >= 0.3 is 0 Å². The van der Waals surface area contributed by atoms with Crippen LogP contribution in [0.3, 0.4) is 0 Å². The molecule has 2 aromatic carbocycles. The molecule has 0 aliphatic rings. The maximum absolute atomic E-state index is 12.7. The Morgan fingerprint density at radius 1 is 1.22 bits per heavy atom. The maximum atomic E-state index is 12.7. The molecule has 0 unspecified atom stereocenters. The van der Waals surface area contributed by atoms with Gasteiger partial charge in [0.2, 0.25) is 11.7 Å². The van der Waals surface area contributed by atoms with Crippen molar-refractivity contribution in [3.63, 3.8) is 0 Å². The Labute approximate surface area is 159 Å². The molecule has 0 saturated carbocycles. The highest BCUT2D eigenvalue weighted by Gasteiger charge is 2.14. The molecule has 0 aliphatic carbocycles. The van der Waals surface area contributed by atoms with Crippen molar-refractivity contribution in [2.24, 2.45) is 0 Å². The first-order valence-corrected chi connectivity index (χ1v) is 8.73. The summed E-state index contributed by atoms with van der Waals surface area (Å²) < 4.78 is 12.3. The zero-order chi connectivity index (χ0) is 18.8. The molecule has 0 saturated heterocycles. The molecule has 136 valence electrons. The van der Waals surface area contributed by atoms with Crippen molar-refractivity contribution < 1.29 is 9.26 Å². The van der Waals surface area contributed by atoms with Gasteiger partial charge in [-0.3, -0.25) is 9.36 Å². The molecule has 0 fully saturated rings. The van der Waals surface area contributed by atoms with Crippen LogP contribution in [0.15, 0.2) is 58.1 Å². The molecule has 2 aromatic heterocycles. The fraction of sp³-hybridized carbons (Fsp3) is 0.158. The number of aromatic nitrogens is 4. The van der Waals surface area contributed by atoms with E-state index in [1.165, 1.54) is 10.9 Å². The third-order valence-electron chi connectivity index (χ3n) is 3.99. The summed E-state index contributed by atoms with van der Waals surface area (Å²) >= 11 is 5.99. The van der Waals surface area contributed by atoms with E-state index in [1.54, 1.807) is 18.2 Å². The average Bonchev–Trinajstić information content (AvgIpc) is 3.14. The maximum Gasteiger partial charge on any atom is 0.261 e. The van der Waals surface area contributed by atoms with Gasteiger partial charge in [-0.25, -0.2) is 4.98 Å². The van der Waals surface area contributed by atoms with Gasteiger partial charge in [0.15, 0.2) is 0 Å². The second kappa shape index (κ2) is 7.20. The van der Waals surface area contributed by atoms with Crippen LogP contribution < -0.4 is 10.3 Å². The number of halogens is 1. The van der Waals surface area contributed by atoms with Gasteiger partial charge in [-0.2, -0.15) is 4.98 Å². The molecule has 27 heavy (non-hydrogen) atoms. The van der Waals surface area contributed by atoms with Crippen LogP contribution in [0.5, 0.6) is 5.75 Å². The van der Waals surface area contributed by atoms with E-state index in [-0.39, 0.29) is 12.1 Å². The van der Waals surface area contributed by atoms with Crippen molar-refractivity contribution in [2.45, 2.75) is 13.5 Å². The Bertz CT molecular complexity index is 1170. The van der Waals surface area contributed by atoms with E-state index >= 15 is 0 Å². The Morgan fingerprint density at radius 3 is 2.93 bits per heavy atom. The monoisotopic (exact) mass is 382 g/mol. The van der Waals surface area contributed by atoms with Gasteiger partial charge < -0.3 is 9.26 Å². The van der Waals surface area contributed by atoms with Gasteiger partial charge in [-0.1, -0.05) is 28.9 Å². The molecule has 4 aromatic rings. The minimum absolute atomic E-state index is 0.109. The predicted octanol–water partition coefficient (Wildman–Crippen LogP) is 3.55. The summed E-state index contributed by atoms with van der Waals surface area (Å²) in [7, 11) is 0. The molecule has 0 radical (unpaired) electrons. The normalized spacial score (nSPS) is 11.0. The quantitative estimate of drug-likeness (QED) is 0.525. The number of rotatable bonds is 5. The van der Waals surface area contributed by atoms with Gasteiger partial charge in [0.1, 0.15) is 12.3 Å². The van der Waals surface area contributed by atoms with Crippen LogP contribution in [0.25, 0.3) is 22.3 Å². The number of hydrogen-bond acceptors (Lipinski definition) is 6. The molecule has 2 heterocycles. The SMILES string of the molecule is CCOc1ccccc1-c1noc(Cn2cnc3ccc(Cl)cc3c2=O)n1. The zero-order valence-corrected chi connectivity index (χ0v) is 15.2. The van der Waals surface area contributed by atoms with Crippen LogP contribution in [-0.4, -0.2) is 26.3 Å². The van der Waals surface area contributed by atoms with Gasteiger partial charge in [0.25, 0.3) is 5.56 Å². The molecule has 8 heteroatoms. The van der Waals surface area contributed by atoms with E-state index in [0.29, 0.717) is 40.0 Å². The van der Waals surface area contributed by atoms with Crippen LogP contribution in [0, 0.1) is 0 Å². The summed E-state index contributed by atoms with van der Waals surface area (Å²) in [5.41, 5.74) is 1.08. The standard InChI is InChI=1S/C19H15ClN4O3/c1-2-26-16-6-4-3-5-13(16)18-22-17(27-23-18)10-24-11-21-15-8-7-12(20)9-14(15)19(24)25/h3-9,11H,2,10H2,1H3. The van der Waals surface area contributed by atoms with Crippen molar-refractivity contribution in [1.29, 1.82) is 0 Å². The van der Waals surface area contributed by atoms with Crippen molar-refractivity contribution in [3.8, 4) is 17.1 Å². The Kier molecular flexibility index (Phi) is 4.60. The molecule has 0 amide bonds. The first kappa shape index (κ1) is 17.2. The lowest BCUT2D eigenvalue weighted by molar-refractivity contribution is 0.340. The van der Waals surface area contributed by atoms with Crippen LogP contribution in [0.2, 0.25) is 5.02 Å². The Hall–Kier alpha value is -3.19. The Morgan fingerprint density at radius 2 is 2.07 bits per heavy atom. The van der Waals surface area contributed by atoms with Crippen molar-refractivity contribution in [3.05, 3.63) is 70.1 Å². The molecule has 0 atom stereocenters. The van der Waals surface area contributed by atoms with Crippen molar-refractivity contribution in [1.82, 2.24) is 19.7 Å². The number of ether oxygens (including phenoxy) is 1. The van der Waals surface area contributed by atoms with Crippen LogP contribution in [0.4, 0.5) is 0 Å². The number of para-hydroxylation sites is 1. The van der Waals surface area contributed by atoms with Crippen LogP contribution in [-0.2, 0) is 6.54 Å². The minimum atomic E-state index is -0.225. The number of benzene rings is 2. The van der Waals surface area contributed by atoms with Crippen molar-refractivity contribution in [2.75, 3.05) is 6.61 Å². The highest BCUT2D eigenvalue weighted by molar-refractivity contribution is 6.31.